The highest BCUT2D eigenvalue weighted by Crippen LogP contribution is 2.44. The van der Waals surface area contributed by atoms with Crippen LogP contribution in [0, 0.1) is 6.92 Å². The van der Waals surface area contributed by atoms with Crippen LogP contribution in [-0.2, 0) is 29.4 Å². The number of amides is 4. The second-order valence-electron chi connectivity index (χ2n) is 14.3. The van der Waals surface area contributed by atoms with Crippen molar-refractivity contribution in [3.63, 3.8) is 0 Å². The molecule has 2 aliphatic heterocycles. The number of likely N-dealkylation sites (tertiary alicyclic amines) is 1. The number of carbonyl (C=O) groups excluding carboxylic acids is 3. The molecule has 2 N–H and O–H groups in total. The number of anilines is 1. The summed E-state index contributed by atoms with van der Waals surface area (Å²) in [7, 11) is 3.34. The largest absolute Gasteiger partial charge is 0.504 e. The Balaban J connectivity index is 1.26. The number of urea groups is 1. The first-order valence-electron chi connectivity index (χ1n) is 17.7. The minimum absolute atomic E-state index is 0.0182. The predicted octanol–water partition coefficient (Wildman–Crippen LogP) is 4.29. The zero-order valence-corrected chi connectivity index (χ0v) is 31.0. The Labute approximate surface area is 317 Å². The number of carbonyl (C=O) groups is 3. The Hall–Kier alpha value is -5.52. The van der Waals surface area contributed by atoms with E-state index in [1.165, 1.54) is 15.7 Å². The van der Waals surface area contributed by atoms with Gasteiger partial charge < -0.3 is 29.7 Å². The number of rotatable bonds is 5. The van der Waals surface area contributed by atoms with Gasteiger partial charge in [0.1, 0.15) is 12.9 Å². The highest BCUT2D eigenvalue weighted by atomic mass is 35.5. The number of aromatic hydroxyl groups is 1. The number of hydrogen-bond acceptors (Lipinski definition) is 9. The third-order valence-electron chi connectivity index (χ3n) is 10.7. The summed E-state index contributed by atoms with van der Waals surface area (Å²) < 4.78 is 42.7. The molecule has 4 amide bonds. The van der Waals surface area contributed by atoms with Gasteiger partial charge in [-0.15, -0.1) is 5.10 Å². The molecule has 19 heteroatoms. The van der Waals surface area contributed by atoms with Crippen LogP contribution in [0.5, 0.6) is 5.75 Å². The van der Waals surface area contributed by atoms with Crippen molar-refractivity contribution in [1.29, 1.82) is 0 Å². The third kappa shape index (κ3) is 6.98. The summed E-state index contributed by atoms with van der Waals surface area (Å²) in [6.45, 7) is 2.46. The number of nitrogens with zero attached hydrogens (tertiary/aromatic N) is 9. The van der Waals surface area contributed by atoms with Crippen LogP contribution in [0.25, 0.3) is 11.4 Å². The van der Waals surface area contributed by atoms with Crippen LogP contribution in [0.1, 0.15) is 70.9 Å². The van der Waals surface area contributed by atoms with E-state index in [9.17, 15) is 37.5 Å². The fraction of sp³-hybridized carbons (Fsp3) is 0.444. The van der Waals surface area contributed by atoms with Gasteiger partial charge >= 0.3 is 12.2 Å². The molecule has 0 unspecified atom stereocenters. The number of piperidine rings is 1. The fourth-order valence-corrected chi connectivity index (χ4v) is 8.01. The van der Waals surface area contributed by atoms with Crippen LogP contribution in [0.3, 0.4) is 0 Å². The molecule has 5 heterocycles. The van der Waals surface area contributed by atoms with Crippen LogP contribution in [0.4, 0.5) is 23.7 Å². The Kier molecular flexibility index (Phi) is 9.81. The number of nitrogens with one attached hydrogen (secondary N) is 1. The predicted molar refractivity (Wildman–Crippen MR) is 194 cm³/mol. The molecule has 0 radical (unpaired) electrons. The van der Waals surface area contributed by atoms with E-state index in [4.69, 9.17) is 16.6 Å². The summed E-state index contributed by atoms with van der Waals surface area (Å²) in [6.07, 6.45) is 1.40. The zero-order valence-electron chi connectivity index (χ0n) is 30.3. The van der Waals surface area contributed by atoms with E-state index in [1.807, 2.05) is 6.08 Å². The van der Waals surface area contributed by atoms with Gasteiger partial charge in [-0.1, -0.05) is 17.7 Å². The lowest BCUT2D eigenvalue weighted by atomic mass is 9.66. The molecule has 1 aliphatic carbocycles. The van der Waals surface area contributed by atoms with Gasteiger partial charge in [0.25, 0.3) is 11.5 Å². The first-order chi connectivity index (χ1) is 26.1. The summed E-state index contributed by atoms with van der Waals surface area (Å²) in [5, 5.41) is 17.4. The van der Waals surface area contributed by atoms with E-state index < -0.39 is 34.5 Å². The molecular weight excluding hydrogens is 745 g/mol. The quantitative estimate of drug-likeness (QED) is 0.300. The summed E-state index contributed by atoms with van der Waals surface area (Å²) in [4.78, 5) is 71.7. The van der Waals surface area contributed by atoms with Crippen molar-refractivity contribution in [2.45, 2.75) is 63.6 Å². The summed E-state index contributed by atoms with van der Waals surface area (Å²) in [5.41, 5.74) is -0.105. The Bertz CT molecular complexity index is 2310. The van der Waals surface area contributed by atoms with E-state index >= 15 is 0 Å². The van der Waals surface area contributed by atoms with Gasteiger partial charge in [0.05, 0.1) is 22.0 Å². The van der Waals surface area contributed by atoms with E-state index in [0.717, 1.165) is 23.8 Å². The molecule has 1 fully saturated rings. The van der Waals surface area contributed by atoms with Crippen LogP contribution < -0.4 is 10.9 Å². The average Bonchev–Trinajstić information content (AvgIpc) is 3.61. The molecule has 1 spiro atoms. The van der Waals surface area contributed by atoms with Crippen molar-refractivity contribution in [3.05, 3.63) is 80.0 Å². The van der Waals surface area contributed by atoms with Gasteiger partial charge in [0, 0.05) is 56.9 Å². The van der Waals surface area contributed by atoms with Gasteiger partial charge in [0.15, 0.2) is 17.3 Å². The molecule has 55 heavy (non-hydrogen) atoms. The molecular formula is C36H38ClF3N10O5. The lowest BCUT2D eigenvalue weighted by Gasteiger charge is -2.45. The molecule has 0 bridgehead atoms. The van der Waals surface area contributed by atoms with E-state index in [-0.39, 0.29) is 65.1 Å². The number of aromatic nitrogens is 6. The molecule has 7 rings (SSSR count). The molecule has 3 aliphatic rings. The van der Waals surface area contributed by atoms with E-state index in [0.29, 0.717) is 62.9 Å². The lowest BCUT2D eigenvalue weighted by Crippen LogP contribution is -2.50. The Morgan fingerprint density at radius 3 is 2.45 bits per heavy atom. The number of aryl methyl sites for hydroxylation is 1. The summed E-state index contributed by atoms with van der Waals surface area (Å²) in [6, 6.07) is 2.50. The number of benzene rings is 1. The highest BCUT2D eigenvalue weighted by Gasteiger charge is 2.45. The monoisotopic (exact) mass is 782 g/mol. The lowest BCUT2D eigenvalue weighted by molar-refractivity contribution is -0.137. The zero-order chi connectivity index (χ0) is 39.4. The van der Waals surface area contributed by atoms with Crippen molar-refractivity contribution >= 4 is 46.5 Å². The maximum absolute atomic E-state index is 14.6. The normalized spacial score (nSPS) is 16.9. The first kappa shape index (κ1) is 37.8. The number of fused-ring (bicyclic) bond motifs is 3. The summed E-state index contributed by atoms with van der Waals surface area (Å²) >= 11 is 6.17. The average molecular weight is 783 g/mol. The Morgan fingerprint density at radius 1 is 1.05 bits per heavy atom. The van der Waals surface area contributed by atoms with Crippen molar-refractivity contribution in [3.8, 4) is 5.75 Å². The summed E-state index contributed by atoms with van der Waals surface area (Å²) in [5.74, 6) is -0.976. The smallest absolute Gasteiger partial charge is 0.416 e. The standard InChI is InChI=1S/C36H38ClF3N10O5/c1-20-29(52)28(42-19-41-20)32(54)47-15-11-35(12-16-47)10-4-5-25-27(35)31(53)50-33(44-30(45-50)21-8-13-48(14-9-21)34(55)46(2)3)49(25)18-26(51)43-24-7-6-22(17-23(24)37)36(38,39)40/h6-8,17,19,52H,4-5,9-16,18H2,1-3H3,(H,43,51). The van der Waals surface area contributed by atoms with Crippen LogP contribution in [0.15, 0.2) is 35.4 Å². The minimum Gasteiger partial charge on any atom is -0.504 e. The minimum atomic E-state index is -4.62. The van der Waals surface area contributed by atoms with Crippen molar-refractivity contribution in [2.24, 2.45) is 0 Å². The van der Waals surface area contributed by atoms with Gasteiger partial charge in [-0.3, -0.25) is 14.4 Å². The topological polar surface area (TPSA) is 171 Å². The Morgan fingerprint density at radius 2 is 1.80 bits per heavy atom. The van der Waals surface area contributed by atoms with Crippen molar-refractivity contribution < 1.29 is 32.7 Å². The molecule has 1 saturated heterocycles. The molecule has 1 aromatic carbocycles. The van der Waals surface area contributed by atoms with Gasteiger partial charge in [-0.2, -0.15) is 22.7 Å². The van der Waals surface area contributed by atoms with Gasteiger partial charge in [0.2, 0.25) is 11.7 Å². The van der Waals surface area contributed by atoms with Crippen molar-refractivity contribution in [2.75, 3.05) is 45.6 Å². The number of alkyl halides is 3. The van der Waals surface area contributed by atoms with Gasteiger partial charge in [-0.25, -0.2) is 14.8 Å². The number of halogens is 4. The van der Waals surface area contributed by atoms with Crippen LogP contribution in [0.2, 0.25) is 5.02 Å². The van der Waals surface area contributed by atoms with E-state index in [2.05, 4.69) is 20.4 Å². The first-order valence-corrected chi connectivity index (χ1v) is 18.1. The SMILES string of the molecule is Cc1ncnc(C(=O)N2CCC3(CCCc4c3c(=O)n3nc(C5=CCN(C(=O)N(C)C)CC5)nc3n4CC(=O)Nc3ccc(C(F)(F)F)cc3Cl)CC2)c1O. The maximum atomic E-state index is 14.6. The van der Waals surface area contributed by atoms with E-state index in [1.54, 1.807) is 35.4 Å². The maximum Gasteiger partial charge on any atom is 0.416 e. The molecule has 0 atom stereocenters. The van der Waals surface area contributed by atoms with Crippen LogP contribution in [-0.4, -0.2) is 107 Å². The highest BCUT2D eigenvalue weighted by molar-refractivity contribution is 6.33. The second-order valence-corrected chi connectivity index (χ2v) is 14.7. The molecule has 0 saturated carbocycles. The molecule has 3 aromatic heterocycles. The molecule has 15 nitrogen and oxygen atoms in total. The van der Waals surface area contributed by atoms with Crippen LogP contribution >= 0.6 is 11.6 Å². The third-order valence-corrected chi connectivity index (χ3v) is 11.0. The molecule has 290 valence electrons. The second kappa shape index (κ2) is 14.3. The van der Waals surface area contributed by atoms with Gasteiger partial charge in [-0.05, 0) is 69.2 Å². The van der Waals surface area contributed by atoms with Crippen molar-refractivity contribution in [1.82, 2.24) is 43.8 Å². The number of hydrogen-bond donors (Lipinski definition) is 2. The molecule has 4 aromatic rings. The fourth-order valence-electron chi connectivity index (χ4n) is 7.78.